The molecule has 3 aromatic carbocycles. The average molecular weight is 569 g/mol. The minimum Gasteiger partial charge on any atom is -0.476 e. The van der Waals surface area contributed by atoms with E-state index < -0.39 is 11.6 Å². The fraction of sp³-hybridized carbons (Fsp3) is 0.389. The zero-order chi connectivity index (χ0) is 30.8. The molecule has 0 spiro atoms. The smallest absolute Gasteiger partial charge is 0.349 e. The summed E-state index contributed by atoms with van der Waals surface area (Å²) in [6.45, 7) is 17.0. The molecule has 6 nitrogen and oxygen atoms in total. The number of aromatic nitrogens is 1. The number of benzene rings is 3. The third kappa shape index (κ3) is 6.53. The van der Waals surface area contributed by atoms with Crippen LogP contribution in [-0.4, -0.2) is 29.2 Å². The van der Waals surface area contributed by atoms with Crippen LogP contribution in [0.4, 0.5) is 0 Å². The van der Waals surface area contributed by atoms with E-state index in [1.54, 1.807) is 13.8 Å². The molecule has 1 amide bonds. The number of nitrogens with one attached hydrogen (secondary N) is 1. The fourth-order valence-corrected chi connectivity index (χ4v) is 5.46. The van der Waals surface area contributed by atoms with E-state index in [0.717, 1.165) is 28.6 Å². The Bertz CT molecular complexity index is 1610. The van der Waals surface area contributed by atoms with Gasteiger partial charge < -0.3 is 19.4 Å². The van der Waals surface area contributed by atoms with Crippen molar-refractivity contribution in [1.82, 2.24) is 9.88 Å². The Balaban J connectivity index is 1.59. The lowest BCUT2D eigenvalue weighted by atomic mass is 9.85. The molecule has 0 bridgehead atoms. The van der Waals surface area contributed by atoms with Crippen molar-refractivity contribution >= 4 is 22.8 Å². The van der Waals surface area contributed by atoms with Crippen molar-refractivity contribution in [2.45, 2.75) is 85.4 Å². The highest BCUT2D eigenvalue weighted by molar-refractivity contribution is 5.99. The Morgan fingerprint density at radius 2 is 1.67 bits per heavy atom. The first kappa shape index (κ1) is 30.9. The van der Waals surface area contributed by atoms with Crippen LogP contribution in [0.25, 0.3) is 10.9 Å². The van der Waals surface area contributed by atoms with Crippen LogP contribution in [0, 0.1) is 6.92 Å². The van der Waals surface area contributed by atoms with Gasteiger partial charge >= 0.3 is 5.97 Å². The van der Waals surface area contributed by atoms with Crippen LogP contribution in [0.2, 0.25) is 0 Å². The second kappa shape index (κ2) is 12.0. The Hall–Kier alpha value is -4.06. The molecule has 42 heavy (non-hydrogen) atoms. The van der Waals surface area contributed by atoms with Gasteiger partial charge in [-0.15, -0.1) is 0 Å². The van der Waals surface area contributed by atoms with E-state index in [1.807, 2.05) is 37.3 Å². The van der Waals surface area contributed by atoms with E-state index in [-0.39, 0.29) is 17.4 Å². The van der Waals surface area contributed by atoms with Crippen LogP contribution in [0.1, 0.15) is 92.8 Å². The summed E-state index contributed by atoms with van der Waals surface area (Å²) in [6, 6.07) is 22.1. The fourth-order valence-electron chi connectivity index (χ4n) is 5.46. The number of nitrogens with zero attached hydrogens (tertiary/aromatic N) is 1. The normalized spacial score (nSPS) is 12.7. The molecule has 0 aliphatic rings. The van der Waals surface area contributed by atoms with E-state index in [0.29, 0.717) is 17.7 Å². The van der Waals surface area contributed by atoms with Crippen LogP contribution >= 0.6 is 0 Å². The first-order chi connectivity index (χ1) is 19.7. The van der Waals surface area contributed by atoms with Crippen molar-refractivity contribution in [3.05, 3.63) is 100 Å². The lowest BCUT2D eigenvalue weighted by Gasteiger charge is -2.23. The highest BCUT2D eigenvalue weighted by Gasteiger charge is 2.31. The number of methoxy groups -OCH3 is 1. The number of hydrogen-bond acceptors (Lipinski definition) is 4. The van der Waals surface area contributed by atoms with E-state index in [1.165, 1.54) is 23.9 Å². The summed E-state index contributed by atoms with van der Waals surface area (Å²) < 4.78 is 13.1. The number of carbonyl (C=O) groups is 2. The molecule has 222 valence electrons. The van der Waals surface area contributed by atoms with Gasteiger partial charge in [-0.1, -0.05) is 63.2 Å². The first-order valence-electron chi connectivity index (χ1n) is 14.6. The number of esters is 1. The van der Waals surface area contributed by atoms with Gasteiger partial charge in [0.2, 0.25) is 0 Å². The van der Waals surface area contributed by atoms with Crippen LogP contribution < -0.4 is 10.1 Å². The summed E-state index contributed by atoms with van der Waals surface area (Å²) in [5, 5.41) is 4.32. The van der Waals surface area contributed by atoms with Crippen LogP contribution in [-0.2, 0) is 27.9 Å². The highest BCUT2D eigenvalue weighted by Crippen LogP contribution is 2.31. The summed E-state index contributed by atoms with van der Waals surface area (Å²) in [7, 11) is 1.36. The summed E-state index contributed by atoms with van der Waals surface area (Å²) >= 11 is 0. The average Bonchev–Trinajstić information content (AvgIpc) is 3.21. The SMILES string of the molecule is CCn1c(C)c(Cc2cccc(OC(C)(C)C(=O)OC)c2)c2ccc(C(=O)N[C@@H](C)c3cccc(C(C)(C)C)c3)cc21. The molecule has 4 rings (SSSR count). The number of fused-ring (bicyclic) bond motifs is 1. The topological polar surface area (TPSA) is 69.6 Å². The van der Waals surface area contributed by atoms with Gasteiger partial charge in [-0.3, -0.25) is 4.79 Å². The summed E-state index contributed by atoms with van der Waals surface area (Å²) in [6.07, 6.45) is 0.692. The minimum absolute atomic E-state index is 0.0416. The zero-order valence-electron chi connectivity index (χ0n) is 26.4. The number of aryl methyl sites for hydroxylation is 1. The van der Waals surface area contributed by atoms with Gasteiger partial charge in [-0.2, -0.15) is 0 Å². The molecule has 1 heterocycles. The molecule has 0 radical (unpaired) electrons. The standard InChI is InChI=1S/C36H44N2O4/c1-10-38-24(3)31(20-25-13-11-16-29(19-25)42-36(7,8)34(40)41-9)30-18-17-27(22-32(30)38)33(39)37-23(2)26-14-12-15-28(21-26)35(4,5)6/h11-19,21-23H,10,20H2,1-9H3,(H,37,39)/t23-/m0/s1. The third-order valence-electron chi connectivity index (χ3n) is 7.96. The van der Waals surface area contributed by atoms with Crippen molar-refractivity contribution in [3.63, 3.8) is 0 Å². The molecular weight excluding hydrogens is 524 g/mol. The van der Waals surface area contributed by atoms with Crippen LogP contribution in [0.5, 0.6) is 5.75 Å². The van der Waals surface area contributed by atoms with Crippen molar-refractivity contribution in [3.8, 4) is 5.75 Å². The maximum absolute atomic E-state index is 13.4. The molecule has 6 heteroatoms. The number of carbonyl (C=O) groups excluding carboxylic acids is 2. The Kier molecular flexibility index (Phi) is 8.86. The molecule has 0 fully saturated rings. The zero-order valence-corrected chi connectivity index (χ0v) is 26.4. The van der Waals surface area contributed by atoms with E-state index >= 15 is 0 Å². The van der Waals surface area contributed by atoms with E-state index in [9.17, 15) is 9.59 Å². The predicted octanol–water partition coefficient (Wildman–Crippen LogP) is 7.68. The molecule has 0 saturated carbocycles. The summed E-state index contributed by atoms with van der Waals surface area (Å²) in [5.74, 6) is 0.0926. The maximum atomic E-state index is 13.4. The molecule has 0 aliphatic carbocycles. The molecule has 0 aliphatic heterocycles. The van der Waals surface area contributed by atoms with Crippen LogP contribution in [0.15, 0.2) is 66.7 Å². The van der Waals surface area contributed by atoms with Crippen molar-refractivity contribution in [2.24, 2.45) is 0 Å². The third-order valence-corrected chi connectivity index (χ3v) is 7.96. The molecule has 1 atom stereocenters. The Morgan fingerprint density at radius 3 is 2.33 bits per heavy atom. The monoisotopic (exact) mass is 568 g/mol. The summed E-state index contributed by atoms with van der Waals surface area (Å²) in [5.41, 5.74) is 6.41. The second-order valence-electron chi connectivity index (χ2n) is 12.5. The lowest BCUT2D eigenvalue weighted by molar-refractivity contribution is -0.156. The van der Waals surface area contributed by atoms with Gasteiger partial charge in [-0.25, -0.2) is 4.79 Å². The van der Waals surface area contributed by atoms with Crippen molar-refractivity contribution in [1.29, 1.82) is 0 Å². The largest absolute Gasteiger partial charge is 0.476 e. The van der Waals surface area contributed by atoms with Gasteiger partial charge in [0, 0.05) is 28.7 Å². The van der Waals surface area contributed by atoms with Crippen molar-refractivity contribution in [2.75, 3.05) is 7.11 Å². The number of rotatable bonds is 9. The van der Waals surface area contributed by atoms with E-state index in [4.69, 9.17) is 9.47 Å². The maximum Gasteiger partial charge on any atom is 0.349 e. The molecular formula is C36H44N2O4. The Morgan fingerprint density at radius 1 is 0.952 bits per heavy atom. The molecule has 0 saturated heterocycles. The minimum atomic E-state index is -1.09. The Labute approximate surface area is 250 Å². The molecule has 1 N–H and O–H groups in total. The molecule has 4 aromatic rings. The number of hydrogen-bond donors (Lipinski definition) is 1. The van der Waals surface area contributed by atoms with Gasteiger partial charge in [0.25, 0.3) is 5.91 Å². The lowest BCUT2D eigenvalue weighted by Crippen LogP contribution is -2.39. The van der Waals surface area contributed by atoms with Gasteiger partial charge in [0.15, 0.2) is 5.60 Å². The number of amides is 1. The summed E-state index contributed by atoms with van der Waals surface area (Å²) in [4.78, 5) is 25.5. The van der Waals surface area contributed by atoms with Crippen molar-refractivity contribution < 1.29 is 19.1 Å². The van der Waals surface area contributed by atoms with E-state index in [2.05, 4.69) is 80.9 Å². The quantitative estimate of drug-likeness (QED) is 0.210. The molecule has 0 unspecified atom stereocenters. The number of ether oxygens (including phenoxy) is 2. The van der Waals surface area contributed by atoms with Gasteiger partial charge in [-0.05, 0) is 93.0 Å². The highest BCUT2D eigenvalue weighted by atomic mass is 16.6. The van der Waals surface area contributed by atoms with Crippen LogP contribution in [0.3, 0.4) is 0 Å². The van der Waals surface area contributed by atoms with Gasteiger partial charge in [0.05, 0.1) is 13.2 Å². The van der Waals surface area contributed by atoms with Gasteiger partial charge in [0.1, 0.15) is 5.75 Å². The first-order valence-corrected chi connectivity index (χ1v) is 14.6. The second-order valence-corrected chi connectivity index (χ2v) is 12.5. The molecule has 1 aromatic heterocycles. The predicted molar refractivity (Wildman–Crippen MR) is 169 cm³/mol.